The first-order valence-corrected chi connectivity index (χ1v) is 13.0. The van der Waals surface area contributed by atoms with Crippen LogP contribution in [-0.4, -0.2) is 36.1 Å². The molecule has 0 saturated heterocycles. The third kappa shape index (κ3) is 9.40. The van der Waals surface area contributed by atoms with Crippen molar-refractivity contribution in [3.8, 4) is 0 Å². The van der Waals surface area contributed by atoms with Gasteiger partial charge in [0.15, 0.2) is 0 Å². The second kappa shape index (κ2) is 17.2. The first-order valence-electron chi connectivity index (χ1n) is 13.0. The van der Waals surface area contributed by atoms with Crippen molar-refractivity contribution in [3.05, 3.63) is 12.2 Å². The average Bonchev–Trinajstić information content (AvgIpc) is 3.01. The molecule has 2 unspecified atom stereocenters. The SMILES string of the molecule is CC.CC.COC(CCC[C@H]1[C@H](C)CC(O)[C@@H]1C/C=C\CCCCO)C1(C)CCC1. The van der Waals surface area contributed by atoms with Crippen LogP contribution >= 0.6 is 0 Å². The lowest BCUT2D eigenvalue weighted by atomic mass is 9.65. The van der Waals surface area contributed by atoms with Gasteiger partial charge in [-0.05, 0) is 81.0 Å². The van der Waals surface area contributed by atoms with Gasteiger partial charge in [-0.25, -0.2) is 0 Å². The van der Waals surface area contributed by atoms with E-state index in [1.54, 1.807) is 0 Å². The molecule has 30 heavy (non-hydrogen) atoms. The van der Waals surface area contributed by atoms with Gasteiger partial charge in [0.2, 0.25) is 0 Å². The van der Waals surface area contributed by atoms with E-state index in [-0.39, 0.29) is 12.7 Å². The predicted molar refractivity (Wildman–Crippen MR) is 131 cm³/mol. The largest absolute Gasteiger partial charge is 0.396 e. The summed E-state index contributed by atoms with van der Waals surface area (Å²) in [6, 6.07) is 0. The molecule has 2 saturated carbocycles. The van der Waals surface area contributed by atoms with Crippen LogP contribution in [0.3, 0.4) is 0 Å². The van der Waals surface area contributed by atoms with Gasteiger partial charge >= 0.3 is 0 Å². The molecule has 3 nitrogen and oxygen atoms in total. The average molecular weight is 427 g/mol. The van der Waals surface area contributed by atoms with E-state index in [4.69, 9.17) is 9.84 Å². The third-order valence-electron chi connectivity index (χ3n) is 7.30. The van der Waals surface area contributed by atoms with Gasteiger partial charge in [-0.15, -0.1) is 0 Å². The molecule has 0 amide bonds. The third-order valence-corrected chi connectivity index (χ3v) is 7.30. The number of aliphatic hydroxyl groups is 2. The second-order valence-corrected chi connectivity index (χ2v) is 9.20. The van der Waals surface area contributed by atoms with Crippen molar-refractivity contribution in [2.75, 3.05) is 13.7 Å². The maximum Gasteiger partial charge on any atom is 0.0624 e. The van der Waals surface area contributed by atoms with Crippen molar-refractivity contribution in [2.24, 2.45) is 23.2 Å². The van der Waals surface area contributed by atoms with E-state index in [2.05, 4.69) is 26.0 Å². The van der Waals surface area contributed by atoms with Crippen LogP contribution in [0.15, 0.2) is 12.2 Å². The lowest BCUT2D eigenvalue weighted by molar-refractivity contribution is -0.0549. The zero-order chi connectivity index (χ0) is 23.0. The molecule has 2 aliphatic carbocycles. The molecule has 2 fully saturated rings. The van der Waals surface area contributed by atoms with E-state index < -0.39 is 0 Å². The zero-order valence-corrected chi connectivity index (χ0v) is 21.3. The highest BCUT2D eigenvalue weighted by Gasteiger charge is 2.41. The maximum atomic E-state index is 10.5. The lowest BCUT2D eigenvalue weighted by Crippen LogP contribution is -2.39. The molecule has 0 heterocycles. The van der Waals surface area contributed by atoms with E-state index in [0.717, 1.165) is 38.5 Å². The standard InChI is InChI=1S/C23H42O3.2C2H6/c1-18-17-21(25)20(11-7-5-4-6-8-16-24)19(18)12-9-13-22(26-3)23(2)14-10-15-23;2*1-2/h5,7,18-22,24-25H,4,6,8-17H2,1-3H3;2*1-2H3/b7-5-;;/t18-,19+,20-,21?,22?;;/m1../s1. The lowest BCUT2D eigenvalue weighted by Gasteiger charge is -2.44. The van der Waals surface area contributed by atoms with Crippen LogP contribution in [-0.2, 0) is 4.74 Å². The molecule has 0 aliphatic heterocycles. The fraction of sp³-hybridized carbons (Fsp3) is 0.926. The summed E-state index contributed by atoms with van der Waals surface area (Å²) in [5.74, 6) is 1.68. The van der Waals surface area contributed by atoms with E-state index >= 15 is 0 Å². The van der Waals surface area contributed by atoms with Crippen molar-refractivity contribution in [2.45, 2.75) is 124 Å². The van der Waals surface area contributed by atoms with Gasteiger partial charge in [-0.3, -0.25) is 0 Å². The number of methoxy groups -OCH3 is 1. The van der Waals surface area contributed by atoms with Crippen molar-refractivity contribution in [3.63, 3.8) is 0 Å². The van der Waals surface area contributed by atoms with Gasteiger partial charge in [0, 0.05) is 13.7 Å². The monoisotopic (exact) mass is 426 g/mol. The number of hydrogen-bond donors (Lipinski definition) is 2. The van der Waals surface area contributed by atoms with Gasteiger partial charge in [0.25, 0.3) is 0 Å². The van der Waals surface area contributed by atoms with Crippen LogP contribution < -0.4 is 0 Å². The fourth-order valence-corrected chi connectivity index (χ4v) is 5.36. The minimum atomic E-state index is -0.139. The summed E-state index contributed by atoms with van der Waals surface area (Å²) in [7, 11) is 1.88. The van der Waals surface area contributed by atoms with Crippen molar-refractivity contribution in [1.29, 1.82) is 0 Å². The Morgan fingerprint density at radius 2 is 1.70 bits per heavy atom. The topological polar surface area (TPSA) is 49.7 Å². The van der Waals surface area contributed by atoms with Crippen molar-refractivity contribution < 1.29 is 14.9 Å². The Kier molecular flexibility index (Phi) is 17.0. The minimum Gasteiger partial charge on any atom is -0.396 e. The number of hydrogen-bond acceptors (Lipinski definition) is 3. The van der Waals surface area contributed by atoms with E-state index in [1.807, 2.05) is 34.8 Å². The normalized spacial score (nSPS) is 28.2. The molecule has 0 aromatic heterocycles. The van der Waals surface area contributed by atoms with Crippen LogP contribution in [0.4, 0.5) is 0 Å². The number of ether oxygens (including phenoxy) is 1. The summed E-state index contributed by atoms with van der Waals surface area (Å²) < 4.78 is 5.83. The molecule has 0 bridgehead atoms. The van der Waals surface area contributed by atoms with E-state index in [9.17, 15) is 5.11 Å². The Hall–Kier alpha value is -0.380. The summed E-state index contributed by atoms with van der Waals surface area (Å²) in [6.45, 7) is 13.0. The summed E-state index contributed by atoms with van der Waals surface area (Å²) in [5.41, 5.74) is 0.409. The molecule has 2 aliphatic rings. The quantitative estimate of drug-likeness (QED) is 0.257. The van der Waals surface area contributed by atoms with Crippen LogP contribution in [0, 0.1) is 23.2 Å². The number of allylic oxidation sites excluding steroid dienone is 2. The first-order chi connectivity index (χ1) is 14.5. The minimum absolute atomic E-state index is 0.139. The Morgan fingerprint density at radius 3 is 2.23 bits per heavy atom. The molecule has 0 spiro atoms. The summed E-state index contributed by atoms with van der Waals surface area (Å²) >= 11 is 0. The molecule has 0 radical (unpaired) electrons. The molecule has 5 atom stereocenters. The molecule has 0 aromatic rings. The smallest absolute Gasteiger partial charge is 0.0624 e. The maximum absolute atomic E-state index is 10.5. The van der Waals surface area contributed by atoms with Gasteiger partial charge < -0.3 is 14.9 Å². The van der Waals surface area contributed by atoms with Crippen LogP contribution in [0.2, 0.25) is 0 Å². The summed E-state index contributed by atoms with van der Waals surface area (Å²) in [4.78, 5) is 0. The molecule has 2 rings (SSSR count). The van der Waals surface area contributed by atoms with Crippen molar-refractivity contribution >= 4 is 0 Å². The molecular weight excluding hydrogens is 372 g/mol. The Morgan fingerprint density at radius 1 is 1.03 bits per heavy atom. The Balaban J connectivity index is 0.00000198. The van der Waals surface area contributed by atoms with Crippen LogP contribution in [0.5, 0.6) is 0 Å². The molecule has 3 heteroatoms. The number of rotatable bonds is 12. The Labute approximate surface area is 188 Å². The highest BCUT2D eigenvalue weighted by atomic mass is 16.5. The van der Waals surface area contributed by atoms with Crippen LogP contribution in [0.25, 0.3) is 0 Å². The zero-order valence-electron chi connectivity index (χ0n) is 21.3. The van der Waals surface area contributed by atoms with Gasteiger partial charge in [0.1, 0.15) is 0 Å². The van der Waals surface area contributed by atoms with Crippen molar-refractivity contribution in [1.82, 2.24) is 0 Å². The predicted octanol–water partition coefficient (Wildman–Crippen LogP) is 7.16. The van der Waals surface area contributed by atoms with E-state index in [1.165, 1.54) is 32.1 Å². The highest BCUT2D eigenvalue weighted by Crippen LogP contribution is 2.47. The highest BCUT2D eigenvalue weighted by molar-refractivity contribution is 4.95. The summed E-state index contributed by atoms with van der Waals surface area (Å²) in [6.07, 6.45) is 17.3. The van der Waals surface area contributed by atoms with Gasteiger partial charge in [-0.2, -0.15) is 0 Å². The first kappa shape index (κ1) is 29.6. The molecule has 0 aromatic carbocycles. The number of aliphatic hydroxyl groups excluding tert-OH is 2. The summed E-state index contributed by atoms with van der Waals surface area (Å²) in [5, 5.41) is 19.3. The van der Waals surface area contributed by atoms with Crippen LogP contribution in [0.1, 0.15) is 112 Å². The molecule has 180 valence electrons. The second-order valence-electron chi connectivity index (χ2n) is 9.20. The van der Waals surface area contributed by atoms with E-state index in [0.29, 0.717) is 29.3 Å². The fourth-order valence-electron chi connectivity index (χ4n) is 5.36. The Bertz CT molecular complexity index is 416. The van der Waals surface area contributed by atoms with Gasteiger partial charge in [-0.1, -0.05) is 66.5 Å². The molecular formula is C27H54O3. The van der Waals surface area contributed by atoms with Gasteiger partial charge in [0.05, 0.1) is 12.2 Å². The molecule has 2 N–H and O–H groups in total. The number of unbranched alkanes of at least 4 members (excludes halogenated alkanes) is 2.